The molecule has 264 valence electrons. The largest absolute Gasteiger partial charge is 0.413 e. The van der Waals surface area contributed by atoms with Crippen molar-refractivity contribution < 1.29 is 26.6 Å². The summed E-state index contributed by atoms with van der Waals surface area (Å²) in [6, 6.07) is 7.77. The Labute approximate surface area is 296 Å². The van der Waals surface area contributed by atoms with Gasteiger partial charge in [-0.15, -0.1) is 17.8 Å². The van der Waals surface area contributed by atoms with Crippen LogP contribution in [0.25, 0.3) is 0 Å². The summed E-state index contributed by atoms with van der Waals surface area (Å²) in [7, 11) is -6.44. The third-order valence-electron chi connectivity index (χ3n) is 10.1. The molecule has 0 spiro atoms. The minimum atomic E-state index is -4.13. The molecule has 1 aromatic carbocycles. The number of aryl methyl sites for hydroxylation is 1. The van der Waals surface area contributed by atoms with E-state index in [1.54, 1.807) is 0 Å². The van der Waals surface area contributed by atoms with Crippen LogP contribution in [0.3, 0.4) is 0 Å². The monoisotopic (exact) mass is 724 g/mol. The molecular formula is C36H48N4O6S2Si. The second kappa shape index (κ2) is 15.1. The predicted molar refractivity (Wildman–Crippen MR) is 196 cm³/mol. The summed E-state index contributed by atoms with van der Waals surface area (Å²) in [6.45, 7) is 15.8. The molecule has 10 nitrogen and oxygen atoms in total. The maximum absolute atomic E-state index is 14.1. The van der Waals surface area contributed by atoms with Crippen molar-refractivity contribution in [1.29, 1.82) is 0 Å². The van der Waals surface area contributed by atoms with Crippen molar-refractivity contribution in [3.8, 4) is 12.3 Å². The van der Waals surface area contributed by atoms with Gasteiger partial charge in [0.15, 0.2) is 0 Å². The number of hydrogen-bond acceptors (Lipinski definition) is 10. The molecule has 5 rings (SSSR count). The molecule has 0 bridgehead atoms. The Kier molecular flexibility index (Phi) is 11.5. The Bertz CT molecular complexity index is 1800. The number of carbonyl (C=O) groups excluding carboxylic acids is 1. The van der Waals surface area contributed by atoms with E-state index in [0.717, 1.165) is 28.0 Å². The molecule has 0 unspecified atom stereocenters. The number of hydrogen-bond donors (Lipinski definition) is 2. The maximum Gasteiger partial charge on any atom is 0.333 e. The van der Waals surface area contributed by atoms with Crippen molar-refractivity contribution in [2.24, 2.45) is 11.1 Å². The van der Waals surface area contributed by atoms with Crippen LogP contribution >= 0.6 is 11.3 Å². The number of carbonyl (C=O) groups is 1. The van der Waals surface area contributed by atoms with Crippen molar-refractivity contribution in [3.05, 3.63) is 74.4 Å². The molecule has 3 N–H and O–H groups in total. The zero-order valence-corrected chi connectivity index (χ0v) is 32.0. The van der Waals surface area contributed by atoms with E-state index in [4.69, 9.17) is 24.9 Å². The lowest BCUT2D eigenvalue weighted by Crippen LogP contribution is -2.51. The van der Waals surface area contributed by atoms with Crippen molar-refractivity contribution in [3.63, 3.8) is 0 Å². The maximum atomic E-state index is 14.1. The number of rotatable bonds is 13. The fourth-order valence-electron chi connectivity index (χ4n) is 7.97. The molecule has 2 aromatic heterocycles. The minimum Gasteiger partial charge on any atom is -0.413 e. The second-order valence-electron chi connectivity index (χ2n) is 14.1. The highest BCUT2D eigenvalue weighted by atomic mass is 32.2. The van der Waals surface area contributed by atoms with Crippen LogP contribution in [0.15, 0.2) is 36.8 Å². The summed E-state index contributed by atoms with van der Waals surface area (Å²) in [5, 5.41) is 8.72. The van der Waals surface area contributed by atoms with Crippen LogP contribution < -0.4 is 10.5 Å². The number of nitrogens with one attached hydrogen (secondary N) is 1. The Morgan fingerprint density at radius 2 is 1.86 bits per heavy atom. The molecule has 4 atom stereocenters. The van der Waals surface area contributed by atoms with Gasteiger partial charge in [-0.25, -0.2) is 15.1 Å². The first kappa shape index (κ1) is 37.3. The third kappa shape index (κ3) is 8.01. The van der Waals surface area contributed by atoms with Crippen LogP contribution in [0.5, 0.6) is 0 Å². The highest BCUT2D eigenvalue weighted by molar-refractivity contribution is 7.84. The predicted octanol–water partition coefficient (Wildman–Crippen LogP) is 6.69. The molecule has 3 aromatic rings. The fraction of sp³-hybridized carbons (Fsp3) is 0.528. The standard InChI is InChI=1S/C36H48N4O6S2Si/c1-9-25-10-11-26-12-13-44-35(30(26)14-25)29-17-33(47-24(29)8)34(41)31-18-38-20-39-36(31)40-28-15-27(19-45-48(37,42)43)32(16-28)46-49(21(2)3,22(4)5)23(6)7/h1,10-11,14,17-18,20-23,27-28,32,35H,12-13,15-16,19H2,2-8H3,(H2,37,42,43)(H,38,39,40)/t27-,28-,32+,35-/m1/s1. The SMILES string of the molecule is C#Cc1ccc2c(c1)[C@@H](c1cc(C(=O)c3cncnc3N[C@@H]3C[C@H](COS(N)(=O)=O)[C@@H](O[Si](C(C)C)(C(C)C)C(C)C)C3)sc1C)OCC2. The van der Waals surface area contributed by atoms with E-state index in [1.807, 2.05) is 25.1 Å². The molecule has 1 aliphatic heterocycles. The summed E-state index contributed by atoms with van der Waals surface area (Å²) in [6.07, 6.45) is 10.0. The second-order valence-corrected chi connectivity index (χ2v) is 22.0. The van der Waals surface area contributed by atoms with Crippen molar-refractivity contribution >= 4 is 41.6 Å². The summed E-state index contributed by atoms with van der Waals surface area (Å²) < 4.78 is 42.1. The molecule has 2 aliphatic rings. The summed E-state index contributed by atoms with van der Waals surface area (Å²) in [5.41, 5.74) is 5.34. The Morgan fingerprint density at radius 1 is 1.14 bits per heavy atom. The lowest BCUT2D eigenvalue weighted by atomic mass is 9.91. The number of thiophene rings is 1. The molecule has 13 heteroatoms. The van der Waals surface area contributed by atoms with Crippen LogP contribution in [0.4, 0.5) is 5.82 Å². The van der Waals surface area contributed by atoms with Gasteiger partial charge in [-0.3, -0.25) is 8.98 Å². The topological polar surface area (TPSA) is 143 Å². The van der Waals surface area contributed by atoms with Gasteiger partial charge in [0, 0.05) is 28.6 Å². The van der Waals surface area contributed by atoms with E-state index in [-0.39, 0.29) is 36.6 Å². The summed E-state index contributed by atoms with van der Waals surface area (Å²) in [4.78, 5) is 24.3. The number of ether oxygens (including phenoxy) is 1. The van der Waals surface area contributed by atoms with Gasteiger partial charge in [-0.2, -0.15) is 8.42 Å². The van der Waals surface area contributed by atoms with Crippen molar-refractivity contribution in [1.82, 2.24) is 9.97 Å². The number of terminal acetylenes is 1. The van der Waals surface area contributed by atoms with E-state index in [9.17, 15) is 13.2 Å². The molecule has 1 aliphatic carbocycles. The van der Waals surface area contributed by atoms with Gasteiger partial charge in [-0.1, -0.05) is 53.5 Å². The lowest BCUT2D eigenvalue weighted by molar-refractivity contribution is 0.0697. The average molecular weight is 725 g/mol. The quantitative estimate of drug-likeness (QED) is 0.112. The Hall–Kier alpha value is -2.96. The highest BCUT2D eigenvalue weighted by Crippen LogP contribution is 2.46. The van der Waals surface area contributed by atoms with E-state index >= 15 is 0 Å². The molecule has 0 saturated heterocycles. The first-order valence-electron chi connectivity index (χ1n) is 16.9. The van der Waals surface area contributed by atoms with E-state index < -0.39 is 18.6 Å². The lowest BCUT2D eigenvalue weighted by Gasteiger charge is -2.45. The average Bonchev–Trinajstić information content (AvgIpc) is 3.63. The van der Waals surface area contributed by atoms with Gasteiger partial charge in [0.05, 0.1) is 29.8 Å². The molecule has 1 fully saturated rings. The number of nitrogens with zero attached hydrogens (tertiary/aromatic N) is 2. The van der Waals surface area contributed by atoms with E-state index in [1.165, 1.54) is 29.4 Å². The number of fused-ring (bicyclic) bond motifs is 1. The van der Waals surface area contributed by atoms with Crippen LogP contribution in [-0.2, 0) is 30.1 Å². The number of ketones is 1. The molecule has 3 heterocycles. The summed E-state index contributed by atoms with van der Waals surface area (Å²) in [5.74, 6) is 2.72. The first-order valence-corrected chi connectivity index (χ1v) is 21.3. The minimum absolute atomic E-state index is 0.0809. The first-order chi connectivity index (χ1) is 23.1. The number of anilines is 1. The van der Waals surface area contributed by atoms with Crippen molar-refractivity contribution in [2.75, 3.05) is 18.5 Å². The number of benzene rings is 1. The number of nitrogens with two attached hydrogens (primary N) is 1. The third-order valence-corrected chi connectivity index (χ3v) is 17.8. The molecule has 49 heavy (non-hydrogen) atoms. The van der Waals surface area contributed by atoms with Gasteiger partial charge < -0.3 is 14.5 Å². The smallest absolute Gasteiger partial charge is 0.333 e. The fourth-order valence-corrected chi connectivity index (χ4v) is 15.0. The highest BCUT2D eigenvalue weighted by Gasteiger charge is 2.49. The van der Waals surface area contributed by atoms with Crippen molar-refractivity contribution in [2.45, 2.75) is 103 Å². The Morgan fingerprint density at radius 3 is 2.51 bits per heavy atom. The van der Waals surface area contributed by atoms with Gasteiger partial charge in [0.1, 0.15) is 18.2 Å². The van der Waals surface area contributed by atoms with E-state index in [2.05, 4.69) is 68.8 Å². The molecular weight excluding hydrogens is 677 g/mol. The number of aromatic nitrogens is 2. The molecule has 0 amide bonds. The normalized spacial score (nSPS) is 21.3. The molecule has 0 radical (unpaired) electrons. The van der Waals surface area contributed by atoms with Crippen LogP contribution in [-0.4, -0.2) is 57.8 Å². The van der Waals surface area contributed by atoms with Gasteiger partial charge in [0.25, 0.3) is 0 Å². The zero-order valence-electron chi connectivity index (χ0n) is 29.4. The van der Waals surface area contributed by atoms with Gasteiger partial charge in [0.2, 0.25) is 14.1 Å². The Balaban J connectivity index is 1.40. The summed E-state index contributed by atoms with van der Waals surface area (Å²) >= 11 is 1.42. The van der Waals surface area contributed by atoms with Gasteiger partial charge in [-0.05, 0) is 77.7 Å². The molecule has 1 saturated carbocycles. The zero-order chi connectivity index (χ0) is 35.7. The van der Waals surface area contributed by atoms with Gasteiger partial charge >= 0.3 is 10.3 Å². The van der Waals surface area contributed by atoms with Crippen LogP contribution in [0, 0.1) is 25.2 Å². The van der Waals surface area contributed by atoms with Crippen LogP contribution in [0.1, 0.15) is 103 Å². The van der Waals surface area contributed by atoms with Crippen LogP contribution in [0.2, 0.25) is 16.6 Å². The van der Waals surface area contributed by atoms with E-state index in [0.29, 0.717) is 52.3 Å².